The van der Waals surface area contributed by atoms with Gasteiger partial charge in [-0.1, -0.05) is 48.2 Å². The van der Waals surface area contributed by atoms with Gasteiger partial charge in [0.05, 0.1) is 19.2 Å². The van der Waals surface area contributed by atoms with Crippen molar-refractivity contribution < 1.29 is 9.13 Å². The zero-order valence-electron chi connectivity index (χ0n) is 13.9. The molecule has 0 atom stereocenters. The predicted molar refractivity (Wildman–Crippen MR) is 97.8 cm³/mol. The largest absolute Gasteiger partial charge is 0.494 e. The number of methoxy groups -OCH3 is 1. The smallest absolute Gasteiger partial charge is 0.262 e. The van der Waals surface area contributed by atoms with Gasteiger partial charge in [-0.15, -0.1) is 0 Å². The Balaban J connectivity index is 2.09. The van der Waals surface area contributed by atoms with Crippen molar-refractivity contribution in [2.75, 3.05) is 13.4 Å². The average Bonchev–Trinajstić information content (AvgIpc) is 2.64. The van der Waals surface area contributed by atoms with E-state index in [1.807, 2.05) is 36.6 Å². The van der Waals surface area contributed by atoms with Gasteiger partial charge in [0.2, 0.25) is 0 Å². The van der Waals surface area contributed by atoms with Crippen molar-refractivity contribution in [2.24, 2.45) is 0 Å². The standard InChI is InChI=1S/C19H17FN2O2S/c1-24-17-9-8-14(10-16(17)20)15-11-21-19(25-2)22(18(15)23)12-13-6-4-3-5-7-13/h3-11H,12H2,1-2H3. The van der Waals surface area contributed by atoms with Crippen LogP contribution in [-0.4, -0.2) is 22.9 Å². The van der Waals surface area contributed by atoms with Gasteiger partial charge in [-0.2, -0.15) is 0 Å². The molecule has 0 aliphatic rings. The Morgan fingerprint density at radius 3 is 2.60 bits per heavy atom. The molecule has 1 heterocycles. The molecule has 1 aromatic heterocycles. The summed E-state index contributed by atoms with van der Waals surface area (Å²) in [6, 6.07) is 14.1. The highest BCUT2D eigenvalue weighted by atomic mass is 32.2. The van der Waals surface area contributed by atoms with E-state index in [9.17, 15) is 9.18 Å². The van der Waals surface area contributed by atoms with Crippen LogP contribution in [0.25, 0.3) is 11.1 Å². The van der Waals surface area contributed by atoms with Gasteiger partial charge in [0.15, 0.2) is 16.7 Å². The molecule has 128 valence electrons. The third-order valence-corrected chi connectivity index (χ3v) is 4.53. The minimum atomic E-state index is -0.511. The molecule has 0 saturated carbocycles. The Labute approximate surface area is 149 Å². The maximum absolute atomic E-state index is 14.0. The Morgan fingerprint density at radius 1 is 1.20 bits per heavy atom. The lowest BCUT2D eigenvalue weighted by molar-refractivity contribution is 0.386. The normalized spacial score (nSPS) is 10.7. The molecule has 4 nitrogen and oxygen atoms in total. The molecule has 0 aliphatic heterocycles. The molecule has 2 aromatic carbocycles. The van der Waals surface area contributed by atoms with E-state index < -0.39 is 5.82 Å². The van der Waals surface area contributed by atoms with Gasteiger partial charge in [0, 0.05) is 6.20 Å². The minimum Gasteiger partial charge on any atom is -0.494 e. The SMILES string of the molecule is COc1ccc(-c2cnc(SC)n(Cc3ccccc3)c2=O)cc1F. The number of halogens is 1. The first kappa shape index (κ1) is 17.2. The van der Waals surface area contributed by atoms with Crippen molar-refractivity contribution in [3.63, 3.8) is 0 Å². The molecule has 0 amide bonds. The molecule has 0 radical (unpaired) electrons. The Hall–Kier alpha value is -2.60. The van der Waals surface area contributed by atoms with Gasteiger partial charge in [0.25, 0.3) is 5.56 Å². The van der Waals surface area contributed by atoms with E-state index in [4.69, 9.17) is 4.74 Å². The molecule has 0 N–H and O–H groups in total. The quantitative estimate of drug-likeness (QED) is 0.515. The summed E-state index contributed by atoms with van der Waals surface area (Å²) in [7, 11) is 1.40. The minimum absolute atomic E-state index is 0.141. The summed E-state index contributed by atoms with van der Waals surface area (Å²) in [5.74, 6) is -0.370. The zero-order valence-corrected chi connectivity index (χ0v) is 14.7. The number of thioether (sulfide) groups is 1. The first-order chi connectivity index (χ1) is 12.1. The number of ether oxygens (including phenoxy) is 1. The van der Waals surface area contributed by atoms with Gasteiger partial charge >= 0.3 is 0 Å². The molecule has 0 spiro atoms. The number of aromatic nitrogens is 2. The molecule has 3 aromatic rings. The summed E-state index contributed by atoms with van der Waals surface area (Å²) in [4.78, 5) is 17.4. The fraction of sp³-hybridized carbons (Fsp3) is 0.158. The molecule has 0 unspecified atom stereocenters. The van der Waals surface area contributed by atoms with E-state index in [-0.39, 0.29) is 11.3 Å². The Morgan fingerprint density at radius 2 is 1.96 bits per heavy atom. The van der Waals surface area contributed by atoms with Crippen molar-refractivity contribution in [3.05, 3.63) is 76.5 Å². The molecule has 0 bridgehead atoms. The van der Waals surface area contributed by atoms with E-state index in [1.54, 1.807) is 10.6 Å². The molecule has 0 aliphatic carbocycles. The number of hydrogen-bond donors (Lipinski definition) is 0. The van der Waals surface area contributed by atoms with E-state index in [0.717, 1.165) is 5.56 Å². The maximum Gasteiger partial charge on any atom is 0.262 e. The van der Waals surface area contributed by atoms with Crippen LogP contribution in [0.3, 0.4) is 0 Å². The van der Waals surface area contributed by atoms with Gasteiger partial charge in [-0.25, -0.2) is 9.37 Å². The molecule has 0 saturated heterocycles. The van der Waals surface area contributed by atoms with Crippen LogP contribution in [-0.2, 0) is 6.54 Å². The van der Waals surface area contributed by atoms with Crippen molar-refractivity contribution in [1.29, 1.82) is 0 Å². The third kappa shape index (κ3) is 3.58. The van der Waals surface area contributed by atoms with Crippen LogP contribution in [0.1, 0.15) is 5.56 Å². The van der Waals surface area contributed by atoms with Crippen molar-refractivity contribution in [2.45, 2.75) is 11.7 Å². The number of rotatable bonds is 5. The van der Waals surface area contributed by atoms with Crippen LogP contribution in [0.5, 0.6) is 5.75 Å². The summed E-state index contributed by atoms with van der Waals surface area (Å²) in [5.41, 5.74) is 1.63. The zero-order chi connectivity index (χ0) is 17.8. The van der Waals surface area contributed by atoms with Gasteiger partial charge in [-0.05, 0) is 29.5 Å². The predicted octanol–water partition coefficient (Wildman–Crippen LogP) is 3.83. The van der Waals surface area contributed by atoms with E-state index in [0.29, 0.717) is 22.8 Å². The summed E-state index contributed by atoms with van der Waals surface area (Å²) in [6.45, 7) is 0.412. The van der Waals surface area contributed by atoms with E-state index >= 15 is 0 Å². The van der Waals surface area contributed by atoms with Gasteiger partial charge in [-0.3, -0.25) is 9.36 Å². The summed E-state index contributed by atoms with van der Waals surface area (Å²) in [5, 5.41) is 0.617. The van der Waals surface area contributed by atoms with Gasteiger partial charge < -0.3 is 4.74 Å². The number of benzene rings is 2. The monoisotopic (exact) mass is 356 g/mol. The van der Waals surface area contributed by atoms with Crippen molar-refractivity contribution in [3.8, 4) is 16.9 Å². The summed E-state index contributed by atoms with van der Waals surface area (Å²) < 4.78 is 20.5. The van der Waals surface area contributed by atoms with Crippen LogP contribution in [0.15, 0.2) is 64.7 Å². The first-order valence-corrected chi connectivity index (χ1v) is 8.88. The van der Waals surface area contributed by atoms with Crippen molar-refractivity contribution in [1.82, 2.24) is 9.55 Å². The second-order valence-electron chi connectivity index (χ2n) is 5.38. The molecule has 3 rings (SSSR count). The fourth-order valence-electron chi connectivity index (χ4n) is 2.58. The van der Waals surface area contributed by atoms with Crippen LogP contribution in [0, 0.1) is 5.82 Å². The molecular weight excluding hydrogens is 339 g/mol. The lowest BCUT2D eigenvalue weighted by Crippen LogP contribution is -2.25. The fourth-order valence-corrected chi connectivity index (χ4v) is 3.10. The first-order valence-electron chi connectivity index (χ1n) is 7.65. The van der Waals surface area contributed by atoms with E-state index in [1.165, 1.54) is 37.2 Å². The third-order valence-electron chi connectivity index (χ3n) is 3.84. The van der Waals surface area contributed by atoms with Crippen molar-refractivity contribution >= 4 is 11.8 Å². The van der Waals surface area contributed by atoms with Crippen LogP contribution >= 0.6 is 11.8 Å². The highest BCUT2D eigenvalue weighted by molar-refractivity contribution is 7.98. The van der Waals surface area contributed by atoms with E-state index in [2.05, 4.69) is 4.98 Å². The van der Waals surface area contributed by atoms with Crippen LogP contribution in [0.2, 0.25) is 0 Å². The Bertz CT molecular complexity index is 942. The van der Waals surface area contributed by atoms with Crippen LogP contribution < -0.4 is 10.3 Å². The molecular formula is C19H17FN2O2S. The molecule has 25 heavy (non-hydrogen) atoms. The summed E-state index contributed by atoms with van der Waals surface area (Å²) >= 11 is 1.40. The second kappa shape index (κ2) is 7.53. The molecule has 6 heteroatoms. The number of hydrogen-bond acceptors (Lipinski definition) is 4. The van der Waals surface area contributed by atoms with Crippen LogP contribution in [0.4, 0.5) is 4.39 Å². The maximum atomic E-state index is 14.0. The number of nitrogens with zero attached hydrogens (tertiary/aromatic N) is 2. The Kier molecular flexibility index (Phi) is 5.19. The summed E-state index contributed by atoms with van der Waals surface area (Å²) in [6.07, 6.45) is 3.37. The second-order valence-corrected chi connectivity index (χ2v) is 6.16. The van der Waals surface area contributed by atoms with Gasteiger partial charge in [0.1, 0.15) is 0 Å². The lowest BCUT2D eigenvalue weighted by Gasteiger charge is -2.13. The average molecular weight is 356 g/mol. The highest BCUT2D eigenvalue weighted by Crippen LogP contribution is 2.24. The lowest BCUT2D eigenvalue weighted by atomic mass is 10.1. The highest BCUT2D eigenvalue weighted by Gasteiger charge is 2.14. The topological polar surface area (TPSA) is 44.1 Å². The molecule has 0 fully saturated rings.